The lowest BCUT2D eigenvalue weighted by molar-refractivity contribution is 0.169. The van der Waals surface area contributed by atoms with E-state index < -0.39 is 6.10 Å². The molecular formula is C23H22Cl2N2O. The Balaban J connectivity index is 1.63. The largest absolute Gasteiger partial charge is 0.389 e. The van der Waals surface area contributed by atoms with E-state index in [1.807, 2.05) is 48.5 Å². The molecule has 0 saturated carbocycles. The van der Waals surface area contributed by atoms with Gasteiger partial charge in [-0.05, 0) is 54.4 Å². The third-order valence-electron chi connectivity index (χ3n) is 5.11. The number of benzene rings is 3. The number of hydrogen-bond acceptors (Lipinski definition) is 2. The lowest BCUT2D eigenvalue weighted by Crippen LogP contribution is -2.25. The maximum absolute atomic E-state index is 10.7. The normalized spacial score (nSPS) is 12.6. The van der Waals surface area contributed by atoms with Gasteiger partial charge in [-0.3, -0.25) is 0 Å². The highest BCUT2D eigenvalue weighted by molar-refractivity contribution is 6.33. The van der Waals surface area contributed by atoms with E-state index >= 15 is 0 Å². The lowest BCUT2D eigenvalue weighted by Gasteiger charge is -2.17. The van der Waals surface area contributed by atoms with Crippen molar-refractivity contribution in [3.05, 3.63) is 76.3 Å². The first-order valence-corrected chi connectivity index (χ1v) is 10.2. The van der Waals surface area contributed by atoms with Gasteiger partial charge in [0.15, 0.2) is 0 Å². The maximum atomic E-state index is 10.7. The molecule has 4 rings (SSSR count). The van der Waals surface area contributed by atoms with Crippen molar-refractivity contribution in [3.8, 4) is 0 Å². The zero-order valence-corrected chi connectivity index (χ0v) is 17.1. The molecule has 0 amide bonds. The average Bonchev–Trinajstić information content (AvgIpc) is 2.98. The lowest BCUT2D eigenvalue weighted by atomic mass is 10.1. The van der Waals surface area contributed by atoms with E-state index in [1.54, 1.807) is 0 Å². The van der Waals surface area contributed by atoms with Crippen molar-refractivity contribution >= 4 is 50.7 Å². The molecule has 28 heavy (non-hydrogen) atoms. The molecule has 0 saturated heterocycles. The minimum Gasteiger partial charge on any atom is -0.389 e. The molecule has 2 N–H and O–H groups in total. The summed E-state index contributed by atoms with van der Waals surface area (Å²) in [4.78, 5) is 0. The standard InChI is InChI=1S/C23H22Cl2N2O/c1-2-15-5-3-4-6-21(15)26-13-18(28)14-27-22-9-7-16(24)11-19(22)20-12-17(25)8-10-23(20)27/h3-12,18,26,28H,2,13-14H2,1H3/t18-/m0/s1. The van der Waals surface area contributed by atoms with Crippen molar-refractivity contribution in [1.82, 2.24) is 4.57 Å². The van der Waals surface area contributed by atoms with Crippen molar-refractivity contribution in [1.29, 1.82) is 0 Å². The number of nitrogens with one attached hydrogen (secondary N) is 1. The van der Waals surface area contributed by atoms with Crippen molar-refractivity contribution in [2.45, 2.75) is 26.0 Å². The smallest absolute Gasteiger partial charge is 0.0891 e. The average molecular weight is 413 g/mol. The monoisotopic (exact) mass is 412 g/mol. The van der Waals surface area contributed by atoms with Gasteiger partial charge in [0, 0.05) is 44.1 Å². The second-order valence-corrected chi connectivity index (χ2v) is 7.85. The van der Waals surface area contributed by atoms with Crippen LogP contribution in [0.4, 0.5) is 5.69 Å². The Morgan fingerprint density at radius 1 is 0.929 bits per heavy atom. The molecule has 5 heteroatoms. The minimum atomic E-state index is -0.546. The minimum absolute atomic E-state index is 0.472. The van der Waals surface area contributed by atoms with E-state index in [-0.39, 0.29) is 0 Å². The van der Waals surface area contributed by atoms with Crippen LogP contribution in [-0.4, -0.2) is 22.3 Å². The molecule has 0 aliphatic rings. The van der Waals surface area contributed by atoms with Crippen molar-refractivity contribution in [2.24, 2.45) is 0 Å². The van der Waals surface area contributed by atoms with Crippen LogP contribution in [0.5, 0.6) is 0 Å². The van der Waals surface area contributed by atoms with Crippen LogP contribution >= 0.6 is 23.2 Å². The van der Waals surface area contributed by atoms with E-state index in [0.29, 0.717) is 23.1 Å². The highest BCUT2D eigenvalue weighted by atomic mass is 35.5. The van der Waals surface area contributed by atoms with Gasteiger partial charge in [0.25, 0.3) is 0 Å². The Morgan fingerprint density at radius 3 is 2.14 bits per heavy atom. The topological polar surface area (TPSA) is 37.2 Å². The molecule has 3 nitrogen and oxygen atoms in total. The summed E-state index contributed by atoms with van der Waals surface area (Å²) in [6, 6.07) is 19.9. The van der Waals surface area contributed by atoms with Gasteiger partial charge in [0.1, 0.15) is 0 Å². The Hall–Kier alpha value is -2.20. The zero-order valence-electron chi connectivity index (χ0n) is 15.6. The molecule has 144 valence electrons. The van der Waals surface area contributed by atoms with E-state index in [9.17, 15) is 5.11 Å². The number of anilines is 1. The highest BCUT2D eigenvalue weighted by Crippen LogP contribution is 2.33. The van der Waals surface area contributed by atoms with E-state index in [1.165, 1.54) is 5.56 Å². The summed E-state index contributed by atoms with van der Waals surface area (Å²) in [6.45, 7) is 3.08. The maximum Gasteiger partial charge on any atom is 0.0891 e. The summed E-state index contributed by atoms with van der Waals surface area (Å²) in [5.41, 5.74) is 4.39. The summed E-state index contributed by atoms with van der Waals surface area (Å²) in [5.74, 6) is 0. The van der Waals surface area contributed by atoms with Crippen molar-refractivity contribution in [3.63, 3.8) is 0 Å². The molecule has 0 aliphatic carbocycles. The van der Waals surface area contributed by atoms with Crippen LogP contribution in [0.25, 0.3) is 21.8 Å². The molecule has 4 aromatic rings. The molecule has 0 radical (unpaired) electrons. The molecule has 3 aromatic carbocycles. The van der Waals surface area contributed by atoms with E-state index in [4.69, 9.17) is 23.2 Å². The van der Waals surface area contributed by atoms with Crippen LogP contribution in [0, 0.1) is 0 Å². The fourth-order valence-corrected chi connectivity index (χ4v) is 4.09. The SMILES string of the molecule is CCc1ccccc1NC[C@H](O)Cn1c2ccc(Cl)cc2c2cc(Cl)ccc21. The first kappa shape index (κ1) is 19.1. The Kier molecular flexibility index (Phi) is 5.49. The first-order valence-electron chi connectivity index (χ1n) is 9.43. The third kappa shape index (κ3) is 3.70. The number of aliphatic hydroxyl groups is 1. The number of para-hydroxylation sites is 1. The molecule has 1 aromatic heterocycles. The van der Waals surface area contributed by atoms with Gasteiger partial charge >= 0.3 is 0 Å². The number of fused-ring (bicyclic) bond motifs is 3. The fourth-order valence-electron chi connectivity index (χ4n) is 3.75. The molecule has 1 heterocycles. The summed E-state index contributed by atoms with van der Waals surface area (Å²) in [6.07, 6.45) is 0.406. The summed E-state index contributed by atoms with van der Waals surface area (Å²) < 4.78 is 2.13. The zero-order chi connectivity index (χ0) is 19.7. The molecular weight excluding hydrogens is 391 g/mol. The van der Waals surface area contributed by atoms with Crippen molar-refractivity contribution in [2.75, 3.05) is 11.9 Å². The molecule has 1 atom stereocenters. The van der Waals surface area contributed by atoms with Crippen LogP contribution in [0.1, 0.15) is 12.5 Å². The first-order chi connectivity index (χ1) is 13.6. The number of aromatic nitrogens is 1. The van der Waals surface area contributed by atoms with Crippen LogP contribution in [0.15, 0.2) is 60.7 Å². The summed E-state index contributed by atoms with van der Waals surface area (Å²) in [7, 11) is 0. The fraction of sp³-hybridized carbons (Fsp3) is 0.217. The molecule has 0 aliphatic heterocycles. The predicted molar refractivity (Wildman–Crippen MR) is 120 cm³/mol. The number of halogens is 2. The second kappa shape index (κ2) is 8.04. The van der Waals surface area contributed by atoms with Gasteiger partial charge in [-0.25, -0.2) is 0 Å². The van der Waals surface area contributed by atoms with Crippen LogP contribution in [0.3, 0.4) is 0 Å². The molecule has 0 unspecified atom stereocenters. The number of aliphatic hydroxyl groups excluding tert-OH is 1. The molecule has 0 bridgehead atoms. The molecule has 0 spiro atoms. The van der Waals surface area contributed by atoms with Gasteiger partial charge in [0.2, 0.25) is 0 Å². The number of rotatable bonds is 6. The highest BCUT2D eigenvalue weighted by Gasteiger charge is 2.15. The predicted octanol–water partition coefficient (Wildman–Crippen LogP) is 6.14. The van der Waals surface area contributed by atoms with Gasteiger partial charge in [-0.1, -0.05) is 48.3 Å². The van der Waals surface area contributed by atoms with Crippen LogP contribution in [-0.2, 0) is 13.0 Å². The van der Waals surface area contributed by atoms with Crippen LogP contribution in [0.2, 0.25) is 10.0 Å². The van der Waals surface area contributed by atoms with Gasteiger partial charge < -0.3 is 15.0 Å². The number of nitrogens with zero attached hydrogens (tertiary/aromatic N) is 1. The van der Waals surface area contributed by atoms with Crippen LogP contribution < -0.4 is 5.32 Å². The van der Waals surface area contributed by atoms with Gasteiger partial charge in [-0.15, -0.1) is 0 Å². The Labute approximate surface area is 174 Å². The van der Waals surface area contributed by atoms with E-state index in [2.05, 4.69) is 28.9 Å². The Morgan fingerprint density at radius 2 is 1.54 bits per heavy atom. The number of aryl methyl sites for hydroxylation is 1. The van der Waals surface area contributed by atoms with Crippen molar-refractivity contribution < 1.29 is 5.11 Å². The summed E-state index contributed by atoms with van der Waals surface area (Å²) >= 11 is 12.4. The quantitative estimate of drug-likeness (QED) is 0.399. The summed E-state index contributed by atoms with van der Waals surface area (Å²) in [5, 5.41) is 17.6. The molecule has 0 fully saturated rings. The van der Waals surface area contributed by atoms with E-state index in [0.717, 1.165) is 33.9 Å². The third-order valence-corrected chi connectivity index (χ3v) is 5.58. The van der Waals surface area contributed by atoms with Gasteiger partial charge in [-0.2, -0.15) is 0 Å². The second-order valence-electron chi connectivity index (χ2n) is 6.98. The Bertz CT molecular complexity index is 1080. The number of hydrogen-bond donors (Lipinski definition) is 2. The van der Waals surface area contributed by atoms with Gasteiger partial charge in [0.05, 0.1) is 12.6 Å².